The molecule has 60 heavy (non-hydrogen) atoms. The quantitative estimate of drug-likeness (QED) is 0.0605. The minimum atomic E-state index is -5.45. The van der Waals surface area contributed by atoms with Gasteiger partial charge in [0.15, 0.2) is 0 Å². The van der Waals surface area contributed by atoms with Gasteiger partial charge in [-0.15, -0.1) is 5.11 Å². The molecule has 5 aromatic rings. The van der Waals surface area contributed by atoms with Gasteiger partial charge in [-0.25, -0.2) is 16.8 Å². The zero-order chi connectivity index (χ0) is 42.9. The largest absolute Gasteiger partial charge is 2.00 e. The van der Waals surface area contributed by atoms with Crippen LogP contribution >= 0.6 is 0 Å². The number of nitrogens with two attached hydrogens (primary N) is 2. The number of benzene rings is 5. The number of fused-ring (bicyclic) bond motifs is 2. The van der Waals surface area contributed by atoms with Crippen molar-refractivity contribution in [2.75, 3.05) is 11.5 Å². The molecule has 0 saturated heterocycles. The van der Waals surface area contributed by atoms with Crippen molar-refractivity contribution < 1.29 is 106 Å². The van der Waals surface area contributed by atoms with E-state index in [1.807, 2.05) is 0 Å². The van der Waals surface area contributed by atoms with E-state index in [1.54, 1.807) is 0 Å². The molecule has 1 aliphatic carbocycles. The monoisotopic (exact) mass is 999 g/mol. The molecular weight excluding hydrogens is 980 g/mol. The Morgan fingerprint density at radius 2 is 1.18 bits per heavy atom. The molecule has 0 spiro atoms. The van der Waals surface area contributed by atoms with Crippen LogP contribution in [0, 0.1) is 0 Å². The van der Waals surface area contributed by atoms with E-state index in [0.29, 0.717) is 24.3 Å². The first-order chi connectivity index (χ1) is 26.8. The summed E-state index contributed by atoms with van der Waals surface area (Å²) in [5.41, 5.74) is 8.43. The van der Waals surface area contributed by atoms with Crippen LogP contribution in [0.5, 0.6) is 17.2 Å². The molecule has 7 N–H and O–H groups in total. The predicted octanol–water partition coefficient (Wildman–Crippen LogP) is 1.56. The van der Waals surface area contributed by atoms with E-state index >= 15 is 0 Å². The van der Waals surface area contributed by atoms with Gasteiger partial charge in [0.1, 0.15) is 37.3 Å². The third kappa shape index (κ3) is 9.45. The molecule has 2 unspecified atom stereocenters. The van der Waals surface area contributed by atoms with Crippen LogP contribution in [0.2, 0.25) is 0 Å². The summed E-state index contributed by atoms with van der Waals surface area (Å²) in [6.07, 6.45) is 2.22. The van der Waals surface area contributed by atoms with Crippen LogP contribution in [0.15, 0.2) is 113 Å². The number of nitrogens with zero attached hydrogens (tertiary/aromatic N) is 4. The van der Waals surface area contributed by atoms with Crippen LogP contribution < -0.4 is 26.8 Å². The van der Waals surface area contributed by atoms with Crippen LogP contribution in [-0.4, -0.2) is 69.1 Å². The maximum atomic E-state index is 13.3. The van der Waals surface area contributed by atoms with Crippen LogP contribution in [-0.2, 0) is 74.6 Å². The van der Waals surface area contributed by atoms with Crippen molar-refractivity contribution >= 4 is 96.0 Å². The number of nitrogen functional groups attached to an aromatic ring is 2. The molecule has 0 aliphatic heterocycles. The number of hydrogen-bond donors (Lipinski definition) is 5. The van der Waals surface area contributed by atoms with Gasteiger partial charge in [0.25, 0.3) is 20.2 Å². The van der Waals surface area contributed by atoms with Gasteiger partial charge < -0.3 is 41.0 Å². The van der Waals surface area contributed by atoms with Gasteiger partial charge in [-0.05, 0) is 81.2 Å². The molecule has 323 valence electrons. The van der Waals surface area contributed by atoms with Crippen LogP contribution in [0.25, 0.3) is 27.1 Å². The van der Waals surface area contributed by atoms with Gasteiger partial charge in [0, 0.05) is 11.4 Å². The summed E-state index contributed by atoms with van der Waals surface area (Å²) in [5.74, 6) is -3.34. The van der Waals surface area contributed by atoms with E-state index in [4.69, 9.17) is 11.5 Å². The van der Waals surface area contributed by atoms with Crippen molar-refractivity contribution in [1.82, 2.24) is 0 Å². The number of aliphatic hydroxyl groups is 1. The van der Waals surface area contributed by atoms with Crippen molar-refractivity contribution in [2.24, 2.45) is 20.5 Å². The second-order valence-electron chi connectivity index (χ2n) is 12.2. The molecule has 1 aliphatic rings. The fraction of sp³-hybridized carbons (Fsp3) is 0.0625. The number of anilines is 2. The Labute approximate surface area is 359 Å². The van der Waals surface area contributed by atoms with Crippen LogP contribution in [0.4, 0.5) is 28.4 Å². The third-order valence-electron chi connectivity index (χ3n) is 8.42. The first kappa shape index (κ1) is 47.6. The van der Waals surface area contributed by atoms with E-state index in [0.717, 1.165) is 24.3 Å². The molecule has 22 nitrogen and oxygen atoms in total. The second kappa shape index (κ2) is 16.8. The van der Waals surface area contributed by atoms with Gasteiger partial charge in [-0.1, -0.05) is 41.5 Å². The van der Waals surface area contributed by atoms with Crippen molar-refractivity contribution in [3.63, 3.8) is 0 Å². The van der Waals surface area contributed by atoms with Crippen molar-refractivity contribution in [2.45, 2.75) is 31.7 Å². The number of allylic oxidation sites excluding steroid dienone is 2. The Hall–Kier alpha value is -5.06. The third-order valence-corrected chi connectivity index (χ3v) is 11.8. The summed E-state index contributed by atoms with van der Waals surface area (Å²) in [4.78, 5) is -4.03. The summed E-state index contributed by atoms with van der Waals surface area (Å²) in [6, 6.07) is 6.15. The number of rotatable bonds is 9. The molecule has 6 rings (SSSR count). The average Bonchev–Trinajstić information content (AvgIpc) is 3.09. The maximum Gasteiger partial charge on any atom is 2.00 e. The molecule has 0 fully saturated rings. The Morgan fingerprint density at radius 3 is 1.68 bits per heavy atom. The van der Waals surface area contributed by atoms with Gasteiger partial charge in [0.05, 0.1) is 31.7 Å². The predicted molar refractivity (Wildman–Crippen MR) is 193 cm³/mol. The van der Waals surface area contributed by atoms with E-state index < -0.39 is 139 Å². The zero-order valence-electron chi connectivity index (χ0n) is 28.9. The molecule has 0 bridgehead atoms. The molecule has 28 heteroatoms. The molecule has 5 aromatic carbocycles. The van der Waals surface area contributed by atoms with Gasteiger partial charge >= 0.3 is 34.1 Å². The second-order valence-corrected chi connectivity index (χ2v) is 17.8. The molecule has 0 aromatic heterocycles. The van der Waals surface area contributed by atoms with Crippen LogP contribution in [0.3, 0.4) is 0 Å². The minimum absolute atomic E-state index is 0. The van der Waals surface area contributed by atoms with Gasteiger partial charge in [-0.2, -0.15) is 32.2 Å². The number of azo groups is 2. The summed E-state index contributed by atoms with van der Waals surface area (Å²) < 4.78 is 137. The molecule has 2 atom stereocenters. The topological polar surface area (TPSA) is 414 Å². The van der Waals surface area contributed by atoms with Crippen LogP contribution in [0.1, 0.15) is 5.56 Å². The van der Waals surface area contributed by atoms with E-state index in [-0.39, 0.29) is 45.3 Å². The first-order valence-electron chi connectivity index (χ1n) is 15.5. The van der Waals surface area contributed by atoms with Crippen molar-refractivity contribution in [3.05, 3.63) is 78.4 Å². The van der Waals surface area contributed by atoms with Crippen molar-refractivity contribution in [1.29, 1.82) is 0 Å². The molecule has 0 heterocycles. The van der Waals surface area contributed by atoms with E-state index in [1.165, 1.54) is 24.3 Å². The minimum Gasteiger partial charge on any atom is -0.871 e. The normalized spacial score (nSPS) is 16.2. The number of aliphatic hydroxyl groups excluding tert-OH is 1. The fourth-order valence-electron chi connectivity index (χ4n) is 5.78. The number of hydrogen-bond acceptors (Lipinski definition) is 20. The molecular formula is C32H21Cu2N6O16S4-2. The summed E-state index contributed by atoms with van der Waals surface area (Å²) in [6.45, 7) is 0. The van der Waals surface area contributed by atoms with E-state index in [9.17, 15) is 72.3 Å². The SMILES string of the molecule is Nc1cc(S(=O)(=O)O)cc2cc(S(=O)(=O)[O-])c(N=NC3C=CC(c4ccc(N=Nc5c(S(=O)(=O)O)cc6cc(S(=O)(=O)[O-])cc(N)c6c5[O-])c([O-])c4)=CC3O)c([O-])c12.[Cu+2].[Cu+]. The molecule has 0 saturated carbocycles. The summed E-state index contributed by atoms with van der Waals surface area (Å²) in [5, 5.41) is 63.1. The summed E-state index contributed by atoms with van der Waals surface area (Å²) in [7, 11) is -20.7. The van der Waals surface area contributed by atoms with E-state index in [2.05, 4.69) is 20.5 Å². The smallest absolute Gasteiger partial charge is 0.871 e. The average molecular weight is 1000 g/mol. The Bertz CT molecular complexity index is 3220. The standard InChI is InChI=1S/C32H26N6O16S4.2Cu/c33-19-11-17(55(43,44)45)5-15-9-25(57(49,50)51)29(31(41)27(15)19)37-35-21-3-1-13(7-23(21)39)14-2-4-22(24(40)8-14)36-38-30-26(58(52,53)54)10-16-6-18(56(46,47)48)12-20(34)28(16)32(30)42;;/h1-12,21,23,39-42H,33-34H2,(H,43,44,45)(H,46,47,48)(H,49,50,51)(H,52,53,54);;/q;+1;+2/p-5. The summed E-state index contributed by atoms with van der Waals surface area (Å²) >= 11 is 0. The van der Waals surface area contributed by atoms with Gasteiger partial charge in [-0.3, -0.25) is 9.11 Å². The fourth-order valence-corrected chi connectivity index (χ4v) is 8.17. The Kier molecular flexibility index (Phi) is 13.3. The van der Waals surface area contributed by atoms with Gasteiger partial charge in [0.2, 0.25) is 0 Å². The van der Waals surface area contributed by atoms with Crippen molar-refractivity contribution in [3.8, 4) is 17.2 Å². The zero-order valence-corrected chi connectivity index (χ0v) is 34.1. The Morgan fingerprint density at radius 1 is 0.650 bits per heavy atom. The first-order valence-corrected chi connectivity index (χ1v) is 21.2. The maximum absolute atomic E-state index is 13.3. The molecule has 1 radical (unpaired) electrons. The molecule has 0 amide bonds. The Balaban J connectivity index is 0.00000397.